The quantitative estimate of drug-likeness (QED) is 0.805. The van der Waals surface area contributed by atoms with Crippen molar-refractivity contribution >= 4 is 22.9 Å². The van der Waals surface area contributed by atoms with Crippen LogP contribution in [0.2, 0.25) is 5.02 Å². The van der Waals surface area contributed by atoms with E-state index in [1.165, 1.54) is 40.6 Å². The molecule has 1 unspecified atom stereocenters. The molecule has 0 bridgehead atoms. The first-order valence-corrected chi connectivity index (χ1v) is 8.68. The lowest BCUT2D eigenvalue weighted by Gasteiger charge is -2.19. The highest BCUT2D eigenvalue weighted by Gasteiger charge is 2.23. The summed E-state index contributed by atoms with van der Waals surface area (Å²) in [6, 6.07) is 6.89. The van der Waals surface area contributed by atoms with Crippen molar-refractivity contribution in [2.75, 3.05) is 6.54 Å². The predicted octanol–water partition coefficient (Wildman–Crippen LogP) is 5.12. The first-order valence-electron chi connectivity index (χ1n) is 7.49. The van der Waals surface area contributed by atoms with Crippen LogP contribution in [-0.2, 0) is 12.8 Å². The zero-order chi connectivity index (χ0) is 14.8. The van der Waals surface area contributed by atoms with E-state index in [1.807, 2.05) is 11.3 Å². The highest BCUT2D eigenvalue weighted by atomic mass is 35.5. The Kier molecular flexibility index (Phi) is 4.63. The first kappa shape index (κ1) is 15.0. The SMILES string of the molecule is CCCNC(c1cc2c(s1)CCC2)c1cc(F)ccc1Cl. The molecular formula is C17H19ClFNS. The van der Waals surface area contributed by atoms with Gasteiger partial charge in [0.15, 0.2) is 0 Å². The number of aryl methyl sites for hydroxylation is 2. The Bertz CT molecular complexity index is 616. The van der Waals surface area contributed by atoms with Gasteiger partial charge in [0.1, 0.15) is 5.82 Å². The summed E-state index contributed by atoms with van der Waals surface area (Å²) in [4.78, 5) is 2.74. The molecule has 4 heteroatoms. The Balaban J connectivity index is 1.98. The molecule has 1 aromatic carbocycles. The maximum Gasteiger partial charge on any atom is 0.123 e. The second kappa shape index (κ2) is 6.47. The summed E-state index contributed by atoms with van der Waals surface area (Å²) in [5, 5.41) is 4.14. The van der Waals surface area contributed by atoms with Gasteiger partial charge in [-0.2, -0.15) is 0 Å². The summed E-state index contributed by atoms with van der Waals surface area (Å²) in [7, 11) is 0. The normalized spacial score (nSPS) is 15.2. The molecule has 0 fully saturated rings. The van der Waals surface area contributed by atoms with Gasteiger partial charge >= 0.3 is 0 Å². The Morgan fingerprint density at radius 3 is 2.95 bits per heavy atom. The van der Waals surface area contributed by atoms with Crippen LogP contribution in [0.4, 0.5) is 4.39 Å². The number of fused-ring (bicyclic) bond motifs is 1. The van der Waals surface area contributed by atoms with Crippen LogP contribution in [0.5, 0.6) is 0 Å². The van der Waals surface area contributed by atoms with E-state index in [2.05, 4.69) is 18.3 Å². The van der Waals surface area contributed by atoms with E-state index < -0.39 is 0 Å². The van der Waals surface area contributed by atoms with Crippen LogP contribution < -0.4 is 5.32 Å². The first-order chi connectivity index (χ1) is 10.2. The molecule has 0 radical (unpaired) electrons. The number of hydrogen-bond donors (Lipinski definition) is 1. The molecule has 0 amide bonds. The van der Waals surface area contributed by atoms with Gasteiger partial charge in [0, 0.05) is 14.8 Å². The van der Waals surface area contributed by atoms with Gasteiger partial charge in [0.25, 0.3) is 0 Å². The zero-order valence-electron chi connectivity index (χ0n) is 12.1. The molecule has 1 aromatic heterocycles. The second-order valence-electron chi connectivity index (χ2n) is 5.50. The van der Waals surface area contributed by atoms with Crippen LogP contribution in [0.1, 0.15) is 46.7 Å². The van der Waals surface area contributed by atoms with Gasteiger partial charge in [-0.15, -0.1) is 11.3 Å². The van der Waals surface area contributed by atoms with Crippen LogP contribution in [0.3, 0.4) is 0 Å². The van der Waals surface area contributed by atoms with E-state index in [-0.39, 0.29) is 11.9 Å². The molecule has 0 saturated heterocycles. The van der Waals surface area contributed by atoms with Crippen LogP contribution in [0.15, 0.2) is 24.3 Å². The van der Waals surface area contributed by atoms with Gasteiger partial charge in [-0.3, -0.25) is 0 Å². The minimum atomic E-state index is -0.234. The molecule has 2 aromatic rings. The Morgan fingerprint density at radius 1 is 1.33 bits per heavy atom. The fourth-order valence-corrected chi connectivity index (χ4v) is 4.46. The number of nitrogens with one attached hydrogen (secondary N) is 1. The van der Waals surface area contributed by atoms with Crippen molar-refractivity contribution in [1.82, 2.24) is 5.32 Å². The number of hydrogen-bond acceptors (Lipinski definition) is 2. The number of thiophene rings is 1. The highest BCUT2D eigenvalue weighted by Crippen LogP contribution is 2.38. The summed E-state index contributed by atoms with van der Waals surface area (Å²) in [6.07, 6.45) is 4.64. The summed E-state index contributed by atoms with van der Waals surface area (Å²) < 4.78 is 13.6. The van der Waals surface area contributed by atoms with Gasteiger partial charge in [-0.05, 0) is 67.6 Å². The molecule has 1 N–H and O–H groups in total. The standard InChI is InChI=1S/C17H19ClFNS/c1-2-8-20-17(13-10-12(19)6-7-14(13)18)16-9-11-4-3-5-15(11)21-16/h6-7,9-10,17,20H,2-5,8H2,1H3. The topological polar surface area (TPSA) is 12.0 Å². The minimum Gasteiger partial charge on any atom is -0.306 e. The van der Waals surface area contributed by atoms with Crippen LogP contribution in [-0.4, -0.2) is 6.54 Å². The fraction of sp³-hybridized carbons (Fsp3) is 0.412. The van der Waals surface area contributed by atoms with Gasteiger partial charge in [0.2, 0.25) is 0 Å². The van der Waals surface area contributed by atoms with Crippen molar-refractivity contribution in [3.8, 4) is 0 Å². The van der Waals surface area contributed by atoms with Crippen molar-refractivity contribution < 1.29 is 4.39 Å². The van der Waals surface area contributed by atoms with Gasteiger partial charge in [-0.1, -0.05) is 18.5 Å². The number of rotatable bonds is 5. The zero-order valence-corrected chi connectivity index (χ0v) is 13.7. The van der Waals surface area contributed by atoms with Crippen LogP contribution in [0, 0.1) is 5.82 Å². The van der Waals surface area contributed by atoms with E-state index >= 15 is 0 Å². The summed E-state index contributed by atoms with van der Waals surface area (Å²) in [6.45, 7) is 3.02. The monoisotopic (exact) mass is 323 g/mol. The molecule has 0 saturated carbocycles. The molecule has 112 valence electrons. The molecule has 1 nitrogen and oxygen atoms in total. The van der Waals surface area contributed by atoms with Crippen LogP contribution >= 0.6 is 22.9 Å². The van der Waals surface area contributed by atoms with Gasteiger partial charge in [-0.25, -0.2) is 4.39 Å². The molecule has 21 heavy (non-hydrogen) atoms. The third-order valence-electron chi connectivity index (χ3n) is 3.92. The molecule has 3 rings (SSSR count). The maximum absolute atomic E-state index is 13.6. The predicted molar refractivity (Wildman–Crippen MR) is 87.9 cm³/mol. The Morgan fingerprint density at radius 2 is 2.19 bits per heavy atom. The van der Waals surface area contributed by atoms with Gasteiger partial charge in [0.05, 0.1) is 6.04 Å². The summed E-state index contributed by atoms with van der Waals surface area (Å²) in [5.41, 5.74) is 2.30. The molecule has 1 atom stereocenters. The Hall–Kier alpha value is -0.900. The summed E-state index contributed by atoms with van der Waals surface area (Å²) in [5.74, 6) is -0.234. The smallest absolute Gasteiger partial charge is 0.123 e. The highest BCUT2D eigenvalue weighted by molar-refractivity contribution is 7.12. The fourth-order valence-electron chi connectivity index (χ4n) is 2.88. The van der Waals surface area contributed by atoms with Gasteiger partial charge < -0.3 is 5.32 Å². The van der Waals surface area contributed by atoms with Crippen molar-refractivity contribution in [3.63, 3.8) is 0 Å². The molecule has 1 aliphatic rings. The third kappa shape index (κ3) is 3.15. The Labute approximate surface area is 134 Å². The van der Waals surface area contributed by atoms with E-state index in [9.17, 15) is 4.39 Å². The third-order valence-corrected chi connectivity index (χ3v) is 5.56. The average molecular weight is 324 g/mol. The van der Waals surface area contributed by atoms with Crippen molar-refractivity contribution in [2.24, 2.45) is 0 Å². The number of benzene rings is 1. The lowest BCUT2D eigenvalue weighted by Crippen LogP contribution is -2.22. The van der Waals surface area contributed by atoms with Crippen LogP contribution in [0.25, 0.3) is 0 Å². The van der Waals surface area contributed by atoms with Crippen molar-refractivity contribution in [2.45, 2.75) is 38.6 Å². The number of halogens is 2. The lowest BCUT2D eigenvalue weighted by molar-refractivity contribution is 0.591. The maximum atomic E-state index is 13.6. The molecule has 1 aliphatic carbocycles. The molecule has 0 aliphatic heterocycles. The van der Waals surface area contributed by atoms with Crippen molar-refractivity contribution in [1.29, 1.82) is 0 Å². The second-order valence-corrected chi connectivity index (χ2v) is 7.08. The minimum absolute atomic E-state index is 0.0104. The van der Waals surface area contributed by atoms with E-state index in [1.54, 1.807) is 12.1 Å². The largest absolute Gasteiger partial charge is 0.306 e. The van der Waals surface area contributed by atoms with E-state index in [4.69, 9.17) is 11.6 Å². The van der Waals surface area contributed by atoms with Crippen molar-refractivity contribution in [3.05, 3.63) is 56.0 Å². The van der Waals surface area contributed by atoms with E-state index in [0.29, 0.717) is 5.02 Å². The molecule has 0 spiro atoms. The summed E-state index contributed by atoms with van der Waals surface area (Å²) >= 11 is 8.16. The average Bonchev–Trinajstić information content (AvgIpc) is 3.04. The molecule has 1 heterocycles. The molecular weight excluding hydrogens is 305 g/mol. The van der Waals surface area contributed by atoms with E-state index in [0.717, 1.165) is 18.5 Å². The lowest BCUT2D eigenvalue weighted by atomic mass is 10.0.